The van der Waals surface area contributed by atoms with Gasteiger partial charge in [-0.25, -0.2) is 0 Å². The third-order valence-corrected chi connectivity index (χ3v) is 4.90. The quantitative estimate of drug-likeness (QED) is 0.859. The summed E-state index contributed by atoms with van der Waals surface area (Å²) < 4.78 is 11.3. The van der Waals surface area contributed by atoms with E-state index >= 15 is 0 Å². The molecule has 0 heterocycles. The fraction of sp³-hybridized carbons (Fsp3) is 0.125. The van der Waals surface area contributed by atoms with Gasteiger partial charge in [0.15, 0.2) is 0 Å². The maximum absolute atomic E-state index is 12.2. The molecule has 3 unspecified atom stereocenters. The summed E-state index contributed by atoms with van der Waals surface area (Å²) in [6, 6.07) is 18.5. The molecule has 2 nitrogen and oxygen atoms in total. The molecular formula is C16H15ClO2S. The Hall–Kier alpha value is -1.42. The minimum atomic E-state index is -1.45. The zero-order chi connectivity index (χ0) is 14.4. The van der Waals surface area contributed by atoms with Crippen LogP contribution in [0, 0.1) is 0 Å². The molecule has 20 heavy (non-hydrogen) atoms. The molecule has 4 heteroatoms. The number of halogens is 1. The normalized spacial score (nSPS) is 15.9. The Labute approximate surface area is 126 Å². The molecule has 0 aliphatic carbocycles. The lowest BCUT2D eigenvalue weighted by molar-refractivity contribution is 0.239. The molecule has 2 rings (SSSR count). The van der Waals surface area contributed by atoms with Crippen molar-refractivity contribution in [2.45, 2.75) is 15.7 Å². The van der Waals surface area contributed by atoms with E-state index in [2.05, 4.69) is 0 Å². The summed E-state index contributed by atoms with van der Waals surface area (Å²) in [6.45, 7) is 0. The Bertz CT molecular complexity index is 584. The number of hydrogen-bond acceptors (Lipinski definition) is 2. The molecule has 0 bridgehead atoms. The fourth-order valence-electron chi connectivity index (χ4n) is 1.67. The number of aliphatic hydroxyl groups excluding tert-OH is 1. The molecule has 2 aromatic carbocycles. The van der Waals surface area contributed by atoms with Gasteiger partial charge >= 0.3 is 0 Å². The third kappa shape index (κ3) is 4.04. The first-order valence-corrected chi connectivity index (χ1v) is 7.84. The number of hydrogen-bond donors (Lipinski definition) is 1. The van der Waals surface area contributed by atoms with Crippen LogP contribution >= 0.6 is 11.6 Å². The van der Waals surface area contributed by atoms with Crippen LogP contribution in [-0.4, -0.2) is 20.1 Å². The first-order valence-electron chi connectivity index (χ1n) is 6.19. The van der Waals surface area contributed by atoms with Crippen LogP contribution in [0.2, 0.25) is 0 Å². The number of aliphatic hydroxyl groups is 1. The van der Waals surface area contributed by atoms with Crippen molar-refractivity contribution in [3.8, 4) is 0 Å². The molecule has 0 saturated heterocycles. The number of rotatable bonds is 5. The molecule has 0 radical (unpaired) electrons. The molecule has 0 aliphatic heterocycles. The van der Waals surface area contributed by atoms with E-state index in [1.165, 1.54) is 0 Å². The Morgan fingerprint density at radius 2 is 1.55 bits per heavy atom. The van der Waals surface area contributed by atoms with Gasteiger partial charge in [0, 0.05) is 4.90 Å². The molecule has 0 aliphatic rings. The molecule has 1 N–H and O–H groups in total. The van der Waals surface area contributed by atoms with E-state index in [1.54, 1.807) is 36.4 Å². The highest BCUT2D eigenvalue weighted by Gasteiger charge is 2.22. The Balaban J connectivity index is 2.04. The van der Waals surface area contributed by atoms with Gasteiger partial charge in [-0.2, -0.15) is 0 Å². The van der Waals surface area contributed by atoms with E-state index in [-0.39, 0.29) is 0 Å². The summed E-state index contributed by atoms with van der Waals surface area (Å²) in [5.74, 6) is 0. The van der Waals surface area contributed by atoms with Crippen molar-refractivity contribution in [2.24, 2.45) is 0 Å². The van der Waals surface area contributed by atoms with Gasteiger partial charge in [-0.15, -0.1) is 11.6 Å². The molecule has 0 saturated carbocycles. The average Bonchev–Trinajstić information content (AvgIpc) is 2.53. The lowest BCUT2D eigenvalue weighted by Gasteiger charge is -2.13. The van der Waals surface area contributed by atoms with Crippen molar-refractivity contribution in [3.05, 3.63) is 72.3 Å². The van der Waals surface area contributed by atoms with Crippen molar-refractivity contribution in [1.82, 2.24) is 0 Å². The standard InChI is InChI=1S/C16H15ClO2S/c17-16(20(19)14-9-5-2-6-10-14)15(18)12-11-13-7-3-1-4-8-13/h1-12,15-16,18H/b12-11+. The first-order chi connectivity index (χ1) is 9.68. The first kappa shape index (κ1) is 15.0. The van der Waals surface area contributed by atoms with Crippen LogP contribution in [0.25, 0.3) is 6.08 Å². The van der Waals surface area contributed by atoms with Crippen molar-refractivity contribution < 1.29 is 9.32 Å². The van der Waals surface area contributed by atoms with E-state index in [9.17, 15) is 9.32 Å². The predicted octanol–water partition coefficient (Wildman–Crippen LogP) is 3.43. The number of benzene rings is 2. The third-order valence-electron chi connectivity index (χ3n) is 2.73. The van der Waals surface area contributed by atoms with Crippen LogP contribution in [0.5, 0.6) is 0 Å². The largest absolute Gasteiger partial charge is 0.386 e. The Kier molecular flexibility index (Phi) is 5.53. The topological polar surface area (TPSA) is 37.3 Å². The highest BCUT2D eigenvalue weighted by molar-refractivity contribution is 7.87. The van der Waals surface area contributed by atoms with Gasteiger partial charge in [0.25, 0.3) is 0 Å². The van der Waals surface area contributed by atoms with Crippen LogP contribution in [0.4, 0.5) is 0 Å². The number of alkyl halides is 1. The summed E-state index contributed by atoms with van der Waals surface area (Å²) in [4.78, 5) is 0.611. The smallest absolute Gasteiger partial charge is 0.143 e. The van der Waals surface area contributed by atoms with E-state index in [1.807, 2.05) is 36.4 Å². The summed E-state index contributed by atoms with van der Waals surface area (Å²) in [6.07, 6.45) is 2.36. The SMILES string of the molecule is O=S(c1ccccc1)C(Cl)C(O)/C=C/c1ccccc1. The second-order valence-electron chi connectivity index (χ2n) is 4.22. The molecule has 104 valence electrons. The van der Waals surface area contributed by atoms with Gasteiger partial charge in [-0.05, 0) is 17.7 Å². The van der Waals surface area contributed by atoms with Crippen molar-refractivity contribution >= 4 is 28.5 Å². The van der Waals surface area contributed by atoms with Gasteiger partial charge in [-0.1, -0.05) is 60.7 Å². The molecule has 3 atom stereocenters. The highest BCUT2D eigenvalue weighted by atomic mass is 35.5. The second-order valence-corrected chi connectivity index (χ2v) is 6.53. The zero-order valence-electron chi connectivity index (χ0n) is 10.7. The van der Waals surface area contributed by atoms with Crippen LogP contribution in [-0.2, 0) is 10.8 Å². The monoisotopic (exact) mass is 306 g/mol. The predicted molar refractivity (Wildman–Crippen MR) is 84.0 cm³/mol. The molecule has 2 aromatic rings. The molecule has 0 amide bonds. The van der Waals surface area contributed by atoms with E-state index < -0.39 is 21.6 Å². The zero-order valence-corrected chi connectivity index (χ0v) is 12.3. The summed E-state index contributed by atoms with van der Waals surface area (Å²) >= 11 is 6.08. The highest BCUT2D eigenvalue weighted by Crippen LogP contribution is 2.18. The van der Waals surface area contributed by atoms with E-state index in [0.717, 1.165) is 5.56 Å². The van der Waals surface area contributed by atoms with Gasteiger partial charge < -0.3 is 5.11 Å². The molecular weight excluding hydrogens is 292 g/mol. The van der Waals surface area contributed by atoms with E-state index in [4.69, 9.17) is 11.6 Å². The van der Waals surface area contributed by atoms with Gasteiger partial charge in [0.1, 0.15) is 10.8 Å². The van der Waals surface area contributed by atoms with Crippen LogP contribution in [0.3, 0.4) is 0 Å². The summed E-state index contributed by atoms with van der Waals surface area (Å²) in [5, 5.41) is 10.00. The van der Waals surface area contributed by atoms with Crippen molar-refractivity contribution in [2.75, 3.05) is 0 Å². The maximum atomic E-state index is 12.2. The molecule has 0 spiro atoms. The minimum absolute atomic E-state index is 0.611. The van der Waals surface area contributed by atoms with Gasteiger partial charge in [0.2, 0.25) is 0 Å². The average molecular weight is 307 g/mol. The Morgan fingerprint density at radius 1 is 1.00 bits per heavy atom. The van der Waals surface area contributed by atoms with E-state index in [0.29, 0.717) is 4.90 Å². The van der Waals surface area contributed by atoms with Crippen LogP contribution in [0.1, 0.15) is 5.56 Å². The van der Waals surface area contributed by atoms with Crippen molar-refractivity contribution in [1.29, 1.82) is 0 Å². The summed E-state index contributed by atoms with van der Waals surface area (Å²) in [5.41, 5.74) is 0.959. The van der Waals surface area contributed by atoms with Crippen LogP contribution in [0.15, 0.2) is 71.6 Å². The minimum Gasteiger partial charge on any atom is -0.386 e. The lowest BCUT2D eigenvalue weighted by atomic mass is 10.2. The fourth-order valence-corrected chi connectivity index (χ4v) is 3.09. The molecule has 0 fully saturated rings. The molecule has 0 aromatic heterocycles. The Morgan fingerprint density at radius 3 is 2.15 bits per heavy atom. The van der Waals surface area contributed by atoms with Crippen molar-refractivity contribution in [3.63, 3.8) is 0 Å². The summed E-state index contributed by atoms with van der Waals surface area (Å²) in [7, 11) is -1.45. The maximum Gasteiger partial charge on any atom is 0.143 e. The van der Waals surface area contributed by atoms with Crippen LogP contribution < -0.4 is 0 Å². The lowest BCUT2D eigenvalue weighted by Crippen LogP contribution is -2.23. The van der Waals surface area contributed by atoms with Gasteiger partial charge in [0.05, 0.1) is 10.8 Å². The van der Waals surface area contributed by atoms with Gasteiger partial charge in [-0.3, -0.25) is 4.21 Å². The second kappa shape index (κ2) is 7.39.